The molecule has 25 heavy (non-hydrogen) atoms. The van der Waals surface area contributed by atoms with E-state index in [1.165, 1.54) is 12.3 Å². The molecule has 0 spiro atoms. The fraction of sp³-hybridized carbons (Fsp3) is 0.0625. The van der Waals surface area contributed by atoms with Crippen LogP contribution in [0.25, 0.3) is 10.9 Å². The molecule has 2 heterocycles. The zero-order valence-electron chi connectivity index (χ0n) is 13.1. The molecule has 9 heteroatoms. The SMILES string of the molecule is NC(N)=NCc1ccccn1.O=S(=O)(O)c1cccc2cccnc12. The molecule has 0 aliphatic heterocycles. The van der Waals surface area contributed by atoms with E-state index in [2.05, 4.69) is 15.0 Å². The van der Waals surface area contributed by atoms with E-state index in [1.54, 1.807) is 30.5 Å². The minimum absolute atomic E-state index is 0.0932. The summed E-state index contributed by atoms with van der Waals surface area (Å²) in [4.78, 5) is 11.6. The minimum Gasteiger partial charge on any atom is -0.370 e. The number of aromatic nitrogens is 2. The summed E-state index contributed by atoms with van der Waals surface area (Å²) in [7, 11) is -4.19. The molecule has 0 unspecified atom stereocenters. The van der Waals surface area contributed by atoms with Crippen LogP contribution in [0.1, 0.15) is 5.69 Å². The van der Waals surface area contributed by atoms with Crippen molar-refractivity contribution in [2.45, 2.75) is 11.4 Å². The Morgan fingerprint density at radius 2 is 1.72 bits per heavy atom. The van der Waals surface area contributed by atoms with Crippen LogP contribution in [0.4, 0.5) is 0 Å². The van der Waals surface area contributed by atoms with Crippen molar-refractivity contribution in [3.8, 4) is 0 Å². The first-order chi connectivity index (χ1) is 11.9. The number of hydrogen-bond donors (Lipinski definition) is 3. The third kappa shape index (κ3) is 5.52. The van der Waals surface area contributed by atoms with Gasteiger partial charge in [-0.2, -0.15) is 8.42 Å². The van der Waals surface area contributed by atoms with E-state index in [-0.39, 0.29) is 16.4 Å². The maximum atomic E-state index is 11.0. The van der Waals surface area contributed by atoms with Crippen LogP contribution in [-0.2, 0) is 16.7 Å². The lowest BCUT2D eigenvalue weighted by atomic mass is 10.2. The summed E-state index contributed by atoms with van der Waals surface area (Å²) in [6.07, 6.45) is 3.19. The number of guanidine groups is 1. The zero-order valence-corrected chi connectivity index (χ0v) is 14.0. The van der Waals surface area contributed by atoms with Crippen LogP contribution in [-0.4, -0.2) is 28.9 Å². The van der Waals surface area contributed by atoms with E-state index in [9.17, 15) is 8.42 Å². The highest BCUT2D eigenvalue weighted by atomic mass is 32.2. The molecule has 3 rings (SSSR count). The minimum atomic E-state index is -4.19. The van der Waals surface area contributed by atoms with E-state index < -0.39 is 10.1 Å². The second-order valence-corrected chi connectivity index (χ2v) is 6.26. The number of nitrogens with zero attached hydrogens (tertiary/aromatic N) is 3. The molecule has 0 amide bonds. The Bertz CT molecular complexity index is 966. The molecule has 0 aliphatic carbocycles. The predicted octanol–water partition coefficient (Wildman–Crippen LogP) is 1.34. The molecule has 5 N–H and O–H groups in total. The molecule has 0 saturated heterocycles. The molecule has 2 aromatic heterocycles. The average Bonchev–Trinajstić information content (AvgIpc) is 2.60. The van der Waals surface area contributed by atoms with Gasteiger partial charge in [0.15, 0.2) is 5.96 Å². The van der Waals surface area contributed by atoms with Crippen molar-refractivity contribution in [3.63, 3.8) is 0 Å². The maximum Gasteiger partial charge on any atom is 0.296 e. The van der Waals surface area contributed by atoms with Crippen LogP contribution in [0.15, 0.2) is 70.8 Å². The van der Waals surface area contributed by atoms with Gasteiger partial charge < -0.3 is 11.5 Å². The van der Waals surface area contributed by atoms with Crippen LogP contribution in [0, 0.1) is 0 Å². The molecule has 1 aromatic carbocycles. The molecule has 0 aliphatic rings. The van der Waals surface area contributed by atoms with Gasteiger partial charge in [0, 0.05) is 17.8 Å². The third-order valence-corrected chi connectivity index (χ3v) is 3.91. The van der Waals surface area contributed by atoms with Crippen LogP contribution >= 0.6 is 0 Å². The molecular weight excluding hydrogens is 342 g/mol. The normalized spacial score (nSPS) is 10.6. The van der Waals surface area contributed by atoms with Crippen LogP contribution in [0.3, 0.4) is 0 Å². The Balaban J connectivity index is 0.000000186. The molecule has 0 bridgehead atoms. The Morgan fingerprint density at radius 3 is 2.36 bits per heavy atom. The van der Waals surface area contributed by atoms with Crippen molar-refractivity contribution < 1.29 is 13.0 Å². The first kappa shape index (κ1) is 18.3. The second-order valence-electron chi connectivity index (χ2n) is 4.87. The van der Waals surface area contributed by atoms with E-state index in [4.69, 9.17) is 16.0 Å². The molecule has 0 saturated carbocycles. The van der Waals surface area contributed by atoms with Gasteiger partial charge >= 0.3 is 0 Å². The molecule has 3 aromatic rings. The lowest BCUT2D eigenvalue weighted by Crippen LogP contribution is -2.22. The summed E-state index contributed by atoms with van der Waals surface area (Å²) in [6.45, 7) is 0.448. The number of pyridine rings is 2. The van der Waals surface area contributed by atoms with Gasteiger partial charge in [-0.3, -0.25) is 14.5 Å². The van der Waals surface area contributed by atoms with Crippen molar-refractivity contribution in [1.29, 1.82) is 0 Å². The van der Waals surface area contributed by atoms with Crippen molar-refractivity contribution in [2.24, 2.45) is 16.5 Å². The van der Waals surface area contributed by atoms with E-state index in [1.807, 2.05) is 18.2 Å². The molecule has 130 valence electrons. The summed E-state index contributed by atoms with van der Waals surface area (Å²) < 4.78 is 30.8. The molecule has 8 nitrogen and oxygen atoms in total. The number of para-hydroxylation sites is 1. The van der Waals surface area contributed by atoms with Gasteiger partial charge in [0.2, 0.25) is 0 Å². The zero-order chi connectivity index (χ0) is 18.3. The van der Waals surface area contributed by atoms with Crippen molar-refractivity contribution in [3.05, 3.63) is 66.6 Å². The number of fused-ring (bicyclic) bond motifs is 1. The number of nitrogens with two attached hydrogens (primary N) is 2. The summed E-state index contributed by atoms with van der Waals surface area (Å²) in [6, 6.07) is 13.7. The predicted molar refractivity (Wildman–Crippen MR) is 95.3 cm³/mol. The highest BCUT2D eigenvalue weighted by Gasteiger charge is 2.13. The summed E-state index contributed by atoms with van der Waals surface area (Å²) in [5.74, 6) is 0.0932. The van der Waals surface area contributed by atoms with Gasteiger partial charge in [0.05, 0.1) is 17.8 Å². The first-order valence-electron chi connectivity index (χ1n) is 7.14. The quantitative estimate of drug-likeness (QED) is 0.363. The Morgan fingerprint density at radius 1 is 1.00 bits per heavy atom. The van der Waals surface area contributed by atoms with Gasteiger partial charge in [0.25, 0.3) is 10.1 Å². The lowest BCUT2D eigenvalue weighted by Gasteiger charge is -2.01. The third-order valence-electron chi connectivity index (χ3n) is 3.02. The maximum absolute atomic E-state index is 11.0. The number of rotatable bonds is 3. The number of hydrogen-bond acceptors (Lipinski definition) is 5. The molecule has 0 atom stereocenters. The van der Waals surface area contributed by atoms with Crippen molar-refractivity contribution in [1.82, 2.24) is 9.97 Å². The fourth-order valence-corrected chi connectivity index (χ4v) is 2.61. The Labute approximate surface area is 145 Å². The van der Waals surface area contributed by atoms with Crippen molar-refractivity contribution >= 4 is 27.0 Å². The fourth-order valence-electron chi connectivity index (χ4n) is 1.95. The van der Waals surface area contributed by atoms with Gasteiger partial charge in [-0.1, -0.05) is 24.3 Å². The van der Waals surface area contributed by atoms with Crippen LogP contribution in [0.2, 0.25) is 0 Å². The first-order valence-corrected chi connectivity index (χ1v) is 8.58. The monoisotopic (exact) mass is 359 g/mol. The lowest BCUT2D eigenvalue weighted by molar-refractivity contribution is 0.484. The van der Waals surface area contributed by atoms with Crippen LogP contribution in [0.5, 0.6) is 0 Å². The Hall–Kier alpha value is -3.04. The Kier molecular flexibility index (Phi) is 5.98. The van der Waals surface area contributed by atoms with Gasteiger partial charge in [0.1, 0.15) is 4.90 Å². The summed E-state index contributed by atoms with van der Waals surface area (Å²) in [5, 5.41) is 0.683. The van der Waals surface area contributed by atoms with E-state index in [0.717, 1.165) is 5.69 Å². The van der Waals surface area contributed by atoms with Crippen molar-refractivity contribution in [2.75, 3.05) is 0 Å². The second kappa shape index (κ2) is 8.18. The average molecular weight is 359 g/mol. The van der Waals surface area contributed by atoms with Gasteiger partial charge in [-0.25, -0.2) is 4.99 Å². The summed E-state index contributed by atoms with van der Waals surface area (Å²) in [5.41, 5.74) is 11.4. The van der Waals surface area contributed by atoms with Gasteiger partial charge in [-0.15, -0.1) is 0 Å². The summed E-state index contributed by atoms with van der Waals surface area (Å²) >= 11 is 0. The van der Waals surface area contributed by atoms with Crippen LogP contribution < -0.4 is 11.5 Å². The number of benzene rings is 1. The van der Waals surface area contributed by atoms with E-state index in [0.29, 0.717) is 11.9 Å². The topological polar surface area (TPSA) is 145 Å². The smallest absolute Gasteiger partial charge is 0.296 e. The standard InChI is InChI=1S/C9H7NO3S.C7H10N4/c11-14(12,13)8-5-1-3-7-4-2-6-10-9(7)8;8-7(9)11-5-6-3-1-2-4-10-6/h1-6H,(H,11,12,13);1-4H,5H2,(H4,8,9,11). The van der Waals surface area contributed by atoms with Gasteiger partial charge in [-0.05, 0) is 24.3 Å². The highest BCUT2D eigenvalue weighted by Crippen LogP contribution is 2.19. The van der Waals surface area contributed by atoms with E-state index >= 15 is 0 Å². The highest BCUT2D eigenvalue weighted by molar-refractivity contribution is 7.86. The molecule has 0 fully saturated rings. The molecular formula is C16H17N5O3S. The molecule has 0 radical (unpaired) electrons. The largest absolute Gasteiger partial charge is 0.370 e. The number of aliphatic imine (C=N–C) groups is 1.